The van der Waals surface area contributed by atoms with E-state index in [0.717, 1.165) is 41.1 Å². The molecule has 0 bridgehead atoms. The number of sulfonamides is 1. The van der Waals surface area contributed by atoms with Crippen molar-refractivity contribution in [3.05, 3.63) is 90.0 Å². The van der Waals surface area contributed by atoms with Gasteiger partial charge in [0.05, 0.1) is 17.7 Å². The van der Waals surface area contributed by atoms with Crippen molar-refractivity contribution in [2.24, 2.45) is 0 Å². The standard InChI is InChI=1S/C33H41N3O5S/c1-24(2)27-17-19-29(20-18-27)36(42(39,40)31-15-6-5-7-16-31)23-32(37)35(22-26-11-10-14-30(21-26)41-4)25(3)33(38)34-28-12-8-9-13-28/h5-7,10-11,14-21,24-25,28H,8-9,12-13,22-23H2,1-4H3,(H,34,38). The van der Waals surface area contributed by atoms with Crippen LogP contribution in [0.3, 0.4) is 0 Å². The van der Waals surface area contributed by atoms with Gasteiger partial charge in [0.25, 0.3) is 10.0 Å². The molecule has 0 spiro atoms. The van der Waals surface area contributed by atoms with Crippen molar-refractivity contribution in [3.63, 3.8) is 0 Å². The minimum Gasteiger partial charge on any atom is -0.497 e. The average molecular weight is 592 g/mol. The highest BCUT2D eigenvalue weighted by Crippen LogP contribution is 2.27. The molecule has 9 heteroatoms. The molecule has 1 atom stereocenters. The Bertz CT molecular complexity index is 1450. The number of carbonyl (C=O) groups is 2. The van der Waals surface area contributed by atoms with Gasteiger partial charge in [0.1, 0.15) is 18.3 Å². The molecule has 0 aromatic heterocycles. The Balaban J connectivity index is 1.69. The fraction of sp³-hybridized carbons (Fsp3) is 0.394. The third kappa shape index (κ3) is 7.50. The van der Waals surface area contributed by atoms with Crippen LogP contribution in [0, 0.1) is 0 Å². The number of benzene rings is 3. The van der Waals surface area contributed by atoms with Gasteiger partial charge < -0.3 is 15.0 Å². The first-order valence-corrected chi connectivity index (χ1v) is 15.9. The van der Waals surface area contributed by atoms with E-state index >= 15 is 0 Å². The minimum absolute atomic E-state index is 0.0807. The van der Waals surface area contributed by atoms with Gasteiger partial charge in [0, 0.05) is 12.6 Å². The normalized spacial score (nSPS) is 14.4. The summed E-state index contributed by atoms with van der Waals surface area (Å²) < 4.78 is 34.4. The summed E-state index contributed by atoms with van der Waals surface area (Å²) in [5, 5.41) is 3.09. The van der Waals surface area contributed by atoms with E-state index in [0.29, 0.717) is 11.4 Å². The Labute approximate surface area is 249 Å². The average Bonchev–Trinajstić information content (AvgIpc) is 3.51. The van der Waals surface area contributed by atoms with E-state index in [4.69, 9.17) is 4.74 Å². The van der Waals surface area contributed by atoms with E-state index in [1.165, 1.54) is 17.0 Å². The van der Waals surface area contributed by atoms with Gasteiger partial charge in [-0.25, -0.2) is 8.42 Å². The number of methoxy groups -OCH3 is 1. The molecule has 3 aromatic rings. The zero-order chi connectivity index (χ0) is 30.3. The van der Waals surface area contributed by atoms with Crippen LogP contribution in [0.2, 0.25) is 0 Å². The van der Waals surface area contributed by atoms with Crippen LogP contribution >= 0.6 is 0 Å². The molecule has 2 amide bonds. The minimum atomic E-state index is -4.10. The molecule has 1 saturated carbocycles. The van der Waals surface area contributed by atoms with Crippen molar-refractivity contribution in [1.29, 1.82) is 0 Å². The first kappa shape index (κ1) is 31.1. The lowest BCUT2D eigenvalue weighted by atomic mass is 10.0. The molecule has 1 aliphatic carbocycles. The second-order valence-electron chi connectivity index (χ2n) is 11.1. The van der Waals surface area contributed by atoms with Crippen molar-refractivity contribution in [2.75, 3.05) is 18.0 Å². The van der Waals surface area contributed by atoms with E-state index < -0.39 is 28.5 Å². The number of amides is 2. The van der Waals surface area contributed by atoms with Crippen LogP contribution in [0.25, 0.3) is 0 Å². The van der Waals surface area contributed by atoms with Crippen LogP contribution in [0.15, 0.2) is 83.8 Å². The molecule has 0 heterocycles. The molecule has 0 saturated heterocycles. The number of hydrogen-bond acceptors (Lipinski definition) is 5. The van der Waals surface area contributed by atoms with Gasteiger partial charge in [-0.3, -0.25) is 13.9 Å². The maximum Gasteiger partial charge on any atom is 0.264 e. The van der Waals surface area contributed by atoms with Crippen molar-refractivity contribution >= 4 is 27.5 Å². The van der Waals surface area contributed by atoms with Crippen molar-refractivity contribution < 1.29 is 22.7 Å². The number of nitrogens with one attached hydrogen (secondary N) is 1. The number of nitrogens with zero attached hydrogens (tertiary/aromatic N) is 2. The van der Waals surface area contributed by atoms with Crippen LogP contribution in [0.1, 0.15) is 63.5 Å². The second kappa shape index (κ2) is 13.9. The van der Waals surface area contributed by atoms with Crippen LogP contribution in [-0.4, -0.2) is 50.9 Å². The fourth-order valence-electron chi connectivity index (χ4n) is 5.22. The molecule has 4 rings (SSSR count). The van der Waals surface area contributed by atoms with E-state index in [9.17, 15) is 18.0 Å². The summed E-state index contributed by atoms with van der Waals surface area (Å²) in [5.74, 6) is 0.148. The zero-order valence-electron chi connectivity index (χ0n) is 24.8. The second-order valence-corrected chi connectivity index (χ2v) is 13.0. The smallest absolute Gasteiger partial charge is 0.264 e. The van der Waals surface area contributed by atoms with Crippen molar-refractivity contribution in [2.45, 2.75) is 75.9 Å². The molecular weight excluding hydrogens is 550 g/mol. The summed E-state index contributed by atoms with van der Waals surface area (Å²) in [6.07, 6.45) is 3.96. The maximum atomic E-state index is 14.1. The number of carbonyl (C=O) groups excluding carboxylic acids is 2. The highest BCUT2D eigenvalue weighted by Gasteiger charge is 2.33. The van der Waals surface area contributed by atoms with Crippen LogP contribution in [0.5, 0.6) is 5.75 Å². The maximum absolute atomic E-state index is 14.1. The van der Waals surface area contributed by atoms with Crippen LogP contribution < -0.4 is 14.4 Å². The first-order valence-electron chi connectivity index (χ1n) is 14.5. The van der Waals surface area contributed by atoms with E-state index in [1.807, 2.05) is 30.3 Å². The lowest BCUT2D eigenvalue weighted by Gasteiger charge is -2.32. The topological polar surface area (TPSA) is 96.0 Å². The molecule has 0 radical (unpaired) electrons. The fourth-order valence-corrected chi connectivity index (χ4v) is 6.65. The van der Waals surface area contributed by atoms with Gasteiger partial charge >= 0.3 is 0 Å². The third-order valence-electron chi connectivity index (χ3n) is 7.81. The highest BCUT2D eigenvalue weighted by molar-refractivity contribution is 7.92. The molecule has 1 N–H and O–H groups in total. The number of hydrogen-bond donors (Lipinski definition) is 1. The largest absolute Gasteiger partial charge is 0.497 e. The monoisotopic (exact) mass is 591 g/mol. The Morgan fingerprint density at radius 1 is 0.929 bits per heavy atom. The van der Waals surface area contributed by atoms with Crippen LogP contribution in [0.4, 0.5) is 5.69 Å². The number of ether oxygens (including phenoxy) is 1. The summed E-state index contributed by atoms with van der Waals surface area (Å²) in [7, 11) is -2.53. The third-order valence-corrected chi connectivity index (χ3v) is 9.60. The predicted octanol–water partition coefficient (Wildman–Crippen LogP) is 5.49. The molecule has 0 aliphatic heterocycles. The molecule has 8 nitrogen and oxygen atoms in total. The first-order chi connectivity index (χ1) is 20.1. The van der Waals surface area contributed by atoms with Crippen molar-refractivity contribution in [1.82, 2.24) is 10.2 Å². The molecule has 224 valence electrons. The van der Waals surface area contributed by atoms with Gasteiger partial charge in [-0.15, -0.1) is 0 Å². The summed E-state index contributed by atoms with van der Waals surface area (Å²) in [5.41, 5.74) is 2.20. The molecule has 42 heavy (non-hydrogen) atoms. The SMILES string of the molecule is COc1cccc(CN(C(=O)CN(c2ccc(C(C)C)cc2)S(=O)(=O)c2ccccc2)C(C)C(=O)NC2CCCC2)c1. The van der Waals surface area contributed by atoms with E-state index in [-0.39, 0.29) is 29.3 Å². The molecule has 3 aromatic carbocycles. The molecular formula is C33H41N3O5S. The van der Waals surface area contributed by atoms with Gasteiger partial charge in [-0.1, -0.05) is 69.2 Å². The Morgan fingerprint density at radius 2 is 1.60 bits per heavy atom. The Morgan fingerprint density at radius 3 is 2.21 bits per heavy atom. The highest BCUT2D eigenvalue weighted by atomic mass is 32.2. The predicted molar refractivity (Wildman–Crippen MR) is 165 cm³/mol. The Hall–Kier alpha value is -3.85. The lowest BCUT2D eigenvalue weighted by molar-refractivity contribution is -0.139. The summed E-state index contributed by atoms with van der Waals surface area (Å²) in [6, 6.07) is 21.8. The van der Waals surface area contributed by atoms with E-state index in [1.54, 1.807) is 50.4 Å². The van der Waals surface area contributed by atoms with Gasteiger partial charge in [-0.2, -0.15) is 0 Å². The Kier molecular flexibility index (Phi) is 10.3. The van der Waals surface area contributed by atoms with E-state index in [2.05, 4.69) is 19.2 Å². The number of anilines is 1. The van der Waals surface area contributed by atoms with Gasteiger partial charge in [0.2, 0.25) is 11.8 Å². The number of rotatable bonds is 12. The van der Waals surface area contributed by atoms with Gasteiger partial charge in [-0.05, 0) is 73.2 Å². The lowest BCUT2D eigenvalue weighted by Crippen LogP contribution is -2.52. The summed E-state index contributed by atoms with van der Waals surface area (Å²) in [6.45, 7) is 5.46. The molecule has 1 fully saturated rings. The van der Waals surface area contributed by atoms with Crippen LogP contribution in [-0.2, 0) is 26.2 Å². The van der Waals surface area contributed by atoms with Gasteiger partial charge in [0.15, 0.2) is 0 Å². The van der Waals surface area contributed by atoms with Crippen molar-refractivity contribution in [3.8, 4) is 5.75 Å². The zero-order valence-corrected chi connectivity index (χ0v) is 25.6. The molecule has 1 unspecified atom stereocenters. The quantitative estimate of drug-likeness (QED) is 0.301. The summed E-state index contributed by atoms with van der Waals surface area (Å²) >= 11 is 0. The molecule has 1 aliphatic rings. The summed E-state index contributed by atoms with van der Waals surface area (Å²) in [4.78, 5) is 29.0.